The number of carbonyl (C=O) groups excluding carboxylic acids is 1. The molecular weight excluding hydrogens is 306 g/mol. The van der Waals surface area contributed by atoms with Crippen LogP contribution in [0.1, 0.15) is 24.1 Å². The van der Waals surface area contributed by atoms with Crippen LogP contribution in [0.25, 0.3) is 0 Å². The van der Waals surface area contributed by atoms with Crippen LogP contribution in [-0.2, 0) is 17.9 Å². The Morgan fingerprint density at radius 1 is 1.26 bits per heavy atom. The summed E-state index contributed by atoms with van der Waals surface area (Å²) >= 11 is 1.72. The Bertz CT molecular complexity index is 658. The number of hydrogen-bond donors (Lipinski definition) is 0. The fourth-order valence-electron chi connectivity index (χ4n) is 3.76. The van der Waals surface area contributed by atoms with Gasteiger partial charge in [-0.25, -0.2) is 0 Å². The highest BCUT2D eigenvalue weighted by Gasteiger charge is 2.41. The molecule has 2 bridgehead atoms. The normalized spacial score (nSPS) is 24.9. The second-order valence-corrected chi connectivity index (χ2v) is 7.33. The number of amides is 1. The van der Waals surface area contributed by atoms with Crippen molar-refractivity contribution in [1.29, 1.82) is 0 Å². The van der Waals surface area contributed by atoms with Crippen molar-refractivity contribution in [3.05, 3.63) is 52.5 Å². The Morgan fingerprint density at radius 2 is 2.22 bits per heavy atom. The molecule has 0 spiro atoms. The van der Waals surface area contributed by atoms with Crippen molar-refractivity contribution < 1.29 is 4.79 Å². The molecule has 2 aromatic heterocycles. The number of piperidine rings is 2. The number of pyridine rings is 1. The highest BCUT2D eigenvalue weighted by Crippen LogP contribution is 2.31. The highest BCUT2D eigenvalue weighted by atomic mass is 32.1. The van der Waals surface area contributed by atoms with Crippen molar-refractivity contribution in [2.45, 2.75) is 32.0 Å². The van der Waals surface area contributed by atoms with Crippen molar-refractivity contribution in [2.24, 2.45) is 5.92 Å². The molecule has 2 saturated heterocycles. The average molecular weight is 327 g/mol. The van der Waals surface area contributed by atoms with Crippen LogP contribution in [-0.4, -0.2) is 39.8 Å². The molecule has 5 heteroatoms. The Balaban J connectivity index is 1.49. The van der Waals surface area contributed by atoms with E-state index in [4.69, 9.17) is 0 Å². The van der Waals surface area contributed by atoms with E-state index < -0.39 is 0 Å². The first-order valence-corrected chi connectivity index (χ1v) is 9.17. The number of likely N-dealkylation sites (tertiary alicyclic amines) is 2. The molecule has 2 atom stereocenters. The standard InChI is InChI=1S/C18H21N3OS/c22-18-17-9-14(4-7-20(17)11-15-5-8-23-13-15)10-21(18)12-16-3-1-2-6-19-16/h1-3,5-6,8,13-14,17H,4,7,9-12H2/t14-,17+/m0/s1. The maximum atomic E-state index is 12.9. The quantitative estimate of drug-likeness (QED) is 0.866. The Labute approximate surface area is 140 Å². The summed E-state index contributed by atoms with van der Waals surface area (Å²) < 4.78 is 0. The SMILES string of the molecule is O=C1[C@H]2C[C@H](CCN2Cc2ccsc2)CN1Cc1ccccn1. The zero-order valence-electron chi connectivity index (χ0n) is 13.1. The van der Waals surface area contributed by atoms with Gasteiger partial charge in [0.25, 0.3) is 0 Å². The zero-order valence-corrected chi connectivity index (χ0v) is 13.9. The van der Waals surface area contributed by atoms with Gasteiger partial charge < -0.3 is 4.90 Å². The maximum absolute atomic E-state index is 12.9. The van der Waals surface area contributed by atoms with Crippen LogP contribution in [0.15, 0.2) is 41.2 Å². The lowest BCUT2D eigenvalue weighted by Gasteiger charge is -2.46. The first kappa shape index (κ1) is 14.8. The predicted molar refractivity (Wildman–Crippen MR) is 90.9 cm³/mol. The van der Waals surface area contributed by atoms with Gasteiger partial charge in [-0.1, -0.05) is 6.07 Å². The summed E-state index contributed by atoms with van der Waals surface area (Å²) in [6.45, 7) is 3.45. The van der Waals surface area contributed by atoms with Crippen LogP contribution < -0.4 is 0 Å². The molecule has 2 aliphatic heterocycles. The fraction of sp³-hybridized carbons (Fsp3) is 0.444. The van der Waals surface area contributed by atoms with E-state index in [1.54, 1.807) is 17.5 Å². The van der Waals surface area contributed by atoms with Gasteiger partial charge in [-0.2, -0.15) is 11.3 Å². The summed E-state index contributed by atoms with van der Waals surface area (Å²) in [4.78, 5) is 21.7. The first-order valence-electron chi connectivity index (χ1n) is 8.23. The summed E-state index contributed by atoms with van der Waals surface area (Å²) in [5.41, 5.74) is 2.30. The van der Waals surface area contributed by atoms with Crippen LogP contribution >= 0.6 is 11.3 Å². The van der Waals surface area contributed by atoms with Crippen molar-refractivity contribution in [2.75, 3.05) is 13.1 Å². The summed E-state index contributed by atoms with van der Waals surface area (Å²) in [5, 5.41) is 4.29. The van der Waals surface area contributed by atoms with Crippen LogP contribution in [0.4, 0.5) is 0 Å². The van der Waals surface area contributed by atoms with Gasteiger partial charge in [-0.05, 0) is 59.8 Å². The molecule has 4 heterocycles. The molecule has 0 saturated carbocycles. The molecule has 0 aromatic carbocycles. The molecule has 2 aromatic rings. The van der Waals surface area contributed by atoms with Gasteiger partial charge in [0.15, 0.2) is 0 Å². The van der Waals surface area contributed by atoms with E-state index in [0.29, 0.717) is 12.5 Å². The minimum absolute atomic E-state index is 0.0473. The Hall–Kier alpha value is -1.72. The van der Waals surface area contributed by atoms with Crippen molar-refractivity contribution in [3.63, 3.8) is 0 Å². The van der Waals surface area contributed by atoms with E-state index >= 15 is 0 Å². The Morgan fingerprint density at radius 3 is 3.00 bits per heavy atom. The number of nitrogens with zero attached hydrogens (tertiary/aromatic N) is 3. The van der Waals surface area contributed by atoms with Crippen molar-refractivity contribution >= 4 is 17.2 Å². The van der Waals surface area contributed by atoms with E-state index in [2.05, 4.69) is 26.7 Å². The largest absolute Gasteiger partial charge is 0.335 e. The minimum atomic E-state index is 0.0473. The van der Waals surface area contributed by atoms with Crippen molar-refractivity contribution in [1.82, 2.24) is 14.8 Å². The maximum Gasteiger partial charge on any atom is 0.240 e. The lowest BCUT2D eigenvalue weighted by molar-refractivity contribution is -0.146. The van der Waals surface area contributed by atoms with Gasteiger partial charge in [0.05, 0.1) is 18.3 Å². The Kier molecular flexibility index (Phi) is 4.14. The molecule has 1 amide bonds. The third kappa shape index (κ3) is 3.16. The monoisotopic (exact) mass is 327 g/mol. The smallest absolute Gasteiger partial charge is 0.240 e. The average Bonchev–Trinajstić information content (AvgIpc) is 3.08. The number of rotatable bonds is 4. The van der Waals surface area contributed by atoms with Gasteiger partial charge >= 0.3 is 0 Å². The number of fused-ring (bicyclic) bond motifs is 2. The molecule has 4 rings (SSSR count). The summed E-state index contributed by atoms with van der Waals surface area (Å²) in [6, 6.07) is 8.11. The third-order valence-corrected chi connectivity index (χ3v) is 5.67. The molecule has 2 fully saturated rings. The van der Waals surface area contributed by atoms with E-state index in [1.165, 1.54) is 12.0 Å². The van der Waals surface area contributed by atoms with Gasteiger partial charge in [0.1, 0.15) is 0 Å². The van der Waals surface area contributed by atoms with E-state index in [1.807, 2.05) is 23.1 Å². The van der Waals surface area contributed by atoms with Crippen LogP contribution in [0.2, 0.25) is 0 Å². The fourth-order valence-corrected chi connectivity index (χ4v) is 4.42. The highest BCUT2D eigenvalue weighted by molar-refractivity contribution is 7.07. The number of hydrogen-bond acceptors (Lipinski definition) is 4. The number of thiophene rings is 1. The van der Waals surface area contributed by atoms with Crippen molar-refractivity contribution in [3.8, 4) is 0 Å². The van der Waals surface area contributed by atoms with Crippen LogP contribution in [0, 0.1) is 5.92 Å². The minimum Gasteiger partial charge on any atom is -0.335 e. The molecule has 0 unspecified atom stereocenters. The lowest BCUT2D eigenvalue weighted by Crippen LogP contribution is -2.58. The summed E-state index contributed by atoms with van der Waals surface area (Å²) in [7, 11) is 0. The third-order valence-electron chi connectivity index (χ3n) is 4.94. The number of aromatic nitrogens is 1. The molecule has 23 heavy (non-hydrogen) atoms. The summed E-state index contributed by atoms with van der Waals surface area (Å²) in [6.07, 6.45) is 4.00. The van der Waals surface area contributed by atoms with Gasteiger partial charge in [0, 0.05) is 19.3 Å². The first-order chi connectivity index (χ1) is 11.3. The topological polar surface area (TPSA) is 36.4 Å². The number of carbonyl (C=O) groups is 1. The zero-order chi connectivity index (χ0) is 15.6. The molecule has 0 aliphatic carbocycles. The van der Waals surface area contributed by atoms with E-state index in [-0.39, 0.29) is 11.9 Å². The van der Waals surface area contributed by atoms with Crippen LogP contribution in [0.5, 0.6) is 0 Å². The van der Waals surface area contributed by atoms with Gasteiger partial charge in [-0.15, -0.1) is 0 Å². The van der Waals surface area contributed by atoms with E-state index in [0.717, 1.165) is 31.7 Å². The second kappa shape index (κ2) is 6.42. The van der Waals surface area contributed by atoms with Gasteiger partial charge in [0.2, 0.25) is 5.91 Å². The molecule has 120 valence electrons. The van der Waals surface area contributed by atoms with Crippen LogP contribution in [0.3, 0.4) is 0 Å². The molecule has 0 N–H and O–H groups in total. The molecular formula is C18H21N3OS. The second-order valence-electron chi connectivity index (χ2n) is 6.55. The molecule has 0 radical (unpaired) electrons. The summed E-state index contributed by atoms with van der Waals surface area (Å²) in [5.74, 6) is 0.918. The van der Waals surface area contributed by atoms with Gasteiger partial charge in [-0.3, -0.25) is 14.7 Å². The van der Waals surface area contributed by atoms with E-state index in [9.17, 15) is 4.79 Å². The molecule has 2 aliphatic rings. The molecule has 4 nitrogen and oxygen atoms in total. The lowest BCUT2D eigenvalue weighted by atomic mass is 9.85. The predicted octanol–water partition coefficient (Wildman–Crippen LogP) is 2.77.